The van der Waals surface area contributed by atoms with Gasteiger partial charge < -0.3 is 4.74 Å². The van der Waals surface area contributed by atoms with E-state index < -0.39 is 0 Å². The van der Waals surface area contributed by atoms with Crippen LogP contribution in [0.1, 0.15) is 58.3 Å². The minimum Gasteiger partial charge on any atom is -0.462 e. The fourth-order valence-corrected chi connectivity index (χ4v) is 3.18. The van der Waals surface area contributed by atoms with E-state index in [1.54, 1.807) is 11.8 Å². The highest BCUT2D eigenvalue weighted by atomic mass is 32.2. The largest absolute Gasteiger partial charge is 0.462 e. The van der Waals surface area contributed by atoms with Gasteiger partial charge in [-0.2, -0.15) is 5.26 Å². The van der Waals surface area contributed by atoms with Crippen LogP contribution in [0, 0.1) is 11.3 Å². The molecule has 3 nitrogen and oxygen atoms in total. The van der Waals surface area contributed by atoms with Gasteiger partial charge >= 0.3 is 5.97 Å². The zero-order valence-electron chi connectivity index (χ0n) is 11.2. The highest BCUT2D eigenvalue weighted by Crippen LogP contribution is 2.24. The fourth-order valence-electron chi connectivity index (χ4n) is 2.15. The summed E-state index contributed by atoms with van der Waals surface area (Å²) in [5.74, 6) is 0.817. The van der Waals surface area contributed by atoms with Crippen molar-refractivity contribution in [2.45, 2.75) is 69.6 Å². The van der Waals surface area contributed by atoms with Crippen molar-refractivity contribution >= 4 is 17.7 Å². The van der Waals surface area contributed by atoms with Crippen molar-refractivity contribution in [3.8, 4) is 6.07 Å². The highest BCUT2D eigenvalue weighted by molar-refractivity contribution is 8.00. The maximum Gasteiger partial charge on any atom is 0.319 e. The number of ether oxygens (including phenoxy) is 1. The molecule has 1 atom stereocenters. The lowest BCUT2D eigenvalue weighted by Crippen LogP contribution is -2.27. The minimum atomic E-state index is -0.0504. The van der Waals surface area contributed by atoms with E-state index >= 15 is 0 Å². The molecule has 1 aliphatic carbocycles. The molecule has 102 valence electrons. The van der Waals surface area contributed by atoms with Crippen LogP contribution in [0.25, 0.3) is 0 Å². The van der Waals surface area contributed by atoms with Gasteiger partial charge in [0.05, 0.1) is 6.07 Å². The number of carbonyl (C=O) groups is 1. The fraction of sp³-hybridized carbons (Fsp3) is 0.857. The van der Waals surface area contributed by atoms with Crippen molar-refractivity contribution in [1.29, 1.82) is 5.26 Å². The average molecular weight is 269 g/mol. The SMILES string of the molecule is CCC(SCCCC#N)C(=O)OC1CCCCC1. The molecule has 1 aliphatic rings. The molecule has 0 aromatic rings. The molecular weight excluding hydrogens is 246 g/mol. The van der Waals surface area contributed by atoms with Gasteiger partial charge in [-0.25, -0.2) is 0 Å². The molecule has 0 aromatic heterocycles. The summed E-state index contributed by atoms with van der Waals surface area (Å²) in [6.45, 7) is 2.02. The molecule has 0 spiro atoms. The van der Waals surface area contributed by atoms with E-state index in [4.69, 9.17) is 10.00 Å². The normalized spacial score (nSPS) is 18.0. The van der Waals surface area contributed by atoms with Gasteiger partial charge in [0, 0.05) is 6.42 Å². The van der Waals surface area contributed by atoms with Crippen molar-refractivity contribution < 1.29 is 9.53 Å². The van der Waals surface area contributed by atoms with Crippen molar-refractivity contribution in [3.05, 3.63) is 0 Å². The molecule has 0 heterocycles. The lowest BCUT2D eigenvalue weighted by atomic mass is 9.98. The van der Waals surface area contributed by atoms with Gasteiger partial charge in [0.2, 0.25) is 0 Å². The Bertz CT molecular complexity index is 282. The van der Waals surface area contributed by atoms with Gasteiger partial charge in [0.1, 0.15) is 11.4 Å². The summed E-state index contributed by atoms with van der Waals surface area (Å²) >= 11 is 1.63. The highest BCUT2D eigenvalue weighted by Gasteiger charge is 2.23. The number of hydrogen-bond donors (Lipinski definition) is 0. The molecule has 0 saturated heterocycles. The summed E-state index contributed by atoms with van der Waals surface area (Å²) in [6.07, 6.45) is 8.09. The Kier molecular flexibility index (Phi) is 7.91. The van der Waals surface area contributed by atoms with Gasteiger partial charge in [-0.05, 0) is 44.3 Å². The summed E-state index contributed by atoms with van der Waals surface area (Å²) in [5, 5.41) is 8.41. The summed E-state index contributed by atoms with van der Waals surface area (Å²) < 4.78 is 5.58. The third-order valence-corrected chi connectivity index (χ3v) is 4.67. The van der Waals surface area contributed by atoms with Crippen LogP contribution >= 0.6 is 11.8 Å². The van der Waals surface area contributed by atoms with Gasteiger partial charge in [0.25, 0.3) is 0 Å². The number of hydrogen-bond acceptors (Lipinski definition) is 4. The van der Waals surface area contributed by atoms with E-state index in [-0.39, 0.29) is 17.3 Å². The first kappa shape index (κ1) is 15.4. The second-order valence-corrected chi connectivity index (χ2v) is 6.04. The summed E-state index contributed by atoms with van der Waals surface area (Å²) in [5.41, 5.74) is 0. The van der Waals surface area contributed by atoms with Crippen molar-refractivity contribution in [2.75, 3.05) is 5.75 Å². The van der Waals surface area contributed by atoms with Crippen LogP contribution in [0.4, 0.5) is 0 Å². The van der Waals surface area contributed by atoms with Crippen LogP contribution in [0.3, 0.4) is 0 Å². The standard InChI is InChI=1S/C14H23NO2S/c1-2-13(18-11-7-6-10-15)14(16)17-12-8-4-3-5-9-12/h12-13H,2-9,11H2,1H3. The first-order valence-electron chi connectivity index (χ1n) is 6.97. The topological polar surface area (TPSA) is 50.1 Å². The maximum absolute atomic E-state index is 12.0. The van der Waals surface area contributed by atoms with Crippen LogP contribution < -0.4 is 0 Å². The number of nitriles is 1. The number of unbranched alkanes of at least 4 members (excludes halogenated alkanes) is 1. The van der Waals surface area contributed by atoms with E-state index in [1.807, 2.05) is 6.92 Å². The average Bonchev–Trinajstić information content (AvgIpc) is 2.40. The van der Waals surface area contributed by atoms with E-state index in [1.165, 1.54) is 19.3 Å². The third kappa shape index (κ3) is 5.77. The smallest absolute Gasteiger partial charge is 0.319 e. The molecular formula is C14H23NO2S. The molecule has 0 bridgehead atoms. The predicted molar refractivity (Wildman–Crippen MR) is 74.3 cm³/mol. The first-order valence-corrected chi connectivity index (χ1v) is 8.01. The van der Waals surface area contributed by atoms with Crippen LogP contribution in [0.2, 0.25) is 0 Å². The Morgan fingerprint density at radius 1 is 1.44 bits per heavy atom. The Morgan fingerprint density at radius 3 is 2.78 bits per heavy atom. The second-order valence-electron chi connectivity index (χ2n) is 4.73. The summed E-state index contributed by atoms with van der Waals surface area (Å²) in [7, 11) is 0. The van der Waals surface area contributed by atoms with Crippen molar-refractivity contribution in [3.63, 3.8) is 0 Å². The molecule has 0 aromatic carbocycles. The van der Waals surface area contributed by atoms with Gasteiger partial charge in [-0.15, -0.1) is 11.8 Å². The van der Waals surface area contributed by atoms with Crippen LogP contribution in [0.15, 0.2) is 0 Å². The van der Waals surface area contributed by atoms with Crippen LogP contribution in [-0.2, 0) is 9.53 Å². The van der Waals surface area contributed by atoms with Gasteiger partial charge in [0.15, 0.2) is 0 Å². The van der Waals surface area contributed by atoms with Crippen molar-refractivity contribution in [2.24, 2.45) is 0 Å². The molecule has 4 heteroatoms. The quantitative estimate of drug-likeness (QED) is 0.522. The predicted octanol–water partition coefficient (Wildman–Crippen LogP) is 3.68. The molecule has 1 unspecified atom stereocenters. The number of rotatable bonds is 7. The zero-order valence-corrected chi connectivity index (χ0v) is 12.0. The molecule has 0 N–H and O–H groups in total. The third-order valence-electron chi connectivity index (χ3n) is 3.22. The van der Waals surface area contributed by atoms with Crippen LogP contribution in [0.5, 0.6) is 0 Å². The molecule has 1 saturated carbocycles. The Hall–Kier alpha value is -0.690. The Morgan fingerprint density at radius 2 is 2.17 bits per heavy atom. The molecule has 0 aliphatic heterocycles. The monoisotopic (exact) mass is 269 g/mol. The molecule has 1 rings (SSSR count). The number of thioether (sulfide) groups is 1. The van der Waals surface area contributed by atoms with E-state index in [0.717, 1.165) is 31.4 Å². The Balaban J connectivity index is 2.25. The lowest BCUT2D eigenvalue weighted by molar-refractivity contribution is -0.149. The maximum atomic E-state index is 12.0. The van der Waals surface area contributed by atoms with E-state index in [9.17, 15) is 4.79 Å². The first-order chi connectivity index (χ1) is 8.77. The Labute approximate surface area is 114 Å². The number of nitrogens with zero attached hydrogens (tertiary/aromatic N) is 1. The molecule has 18 heavy (non-hydrogen) atoms. The minimum absolute atomic E-state index is 0.0497. The van der Waals surface area contributed by atoms with Crippen LogP contribution in [-0.4, -0.2) is 23.1 Å². The molecule has 0 radical (unpaired) electrons. The van der Waals surface area contributed by atoms with E-state index in [0.29, 0.717) is 6.42 Å². The molecule has 0 amide bonds. The van der Waals surface area contributed by atoms with Gasteiger partial charge in [-0.1, -0.05) is 13.3 Å². The van der Waals surface area contributed by atoms with E-state index in [2.05, 4.69) is 6.07 Å². The second kappa shape index (κ2) is 9.27. The van der Waals surface area contributed by atoms with Crippen molar-refractivity contribution in [1.82, 2.24) is 0 Å². The zero-order chi connectivity index (χ0) is 13.2. The number of esters is 1. The van der Waals surface area contributed by atoms with Gasteiger partial charge in [-0.3, -0.25) is 4.79 Å². The lowest BCUT2D eigenvalue weighted by Gasteiger charge is -2.24. The number of carbonyl (C=O) groups excluding carboxylic acids is 1. The summed E-state index contributed by atoms with van der Waals surface area (Å²) in [4.78, 5) is 12.0. The summed E-state index contributed by atoms with van der Waals surface area (Å²) in [6, 6.07) is 2.12. The molecule has 1 fully saturated rings.